The Morgan fingerprint density at radius 3 is 2.59 bits per heavy atom. The highest BCUT2D eigenvalue weighted by Crippen LogP contribution is 2.28. The molecule has 5 nitrogen and oxygen atoms in total. The van der Waals surface area contributed by atoms with Gasteiger partial charge < -0.3 is 4.74 Å². The third-order valence-corrected chi connectivity index (χ3v) is 6.41. The molecule has 2 aromatic rings. The molecule has 0 amide bonds. The third kappa shape index (κ3) is 3.31. The van der Waals surface area contributed by atoms with Gasteiger partial charge in [0, 0.05) is 31.3 Å². The lowest BCUT2D eigenvalue weighted by Gasteiger charge is -2.29. The highest BCUT2D eigenvalue weighted by atomic mass is 32.2. The molecule has 0 bridgehead atoms. The molecule has 0 aliphatic carbocycles. The summed E-state index contributed by atoms with van der Waals surface area (Å²) in [7, 11) is -3.58. The van der Waals surface area contributed by atoms with Gasteiger partial charge in [-0.15, -0.1) is 11.3 Å². The fraction of sp³-hybridized carbons (Fsp3) is 0.400. The molecule has 1 saturated heterocycles. The third-order valence-electron chi connectivity index (χ3n) is 3.73. The van der Waals surface area contributed by atoms with Crippen molar-refractivity contribution in [3.63, 3.8) is 0 Å². The number of anilines is 1. The van der Waals surface area contributed by atoms with E-state index in [1.165, 1.54) is 15.6 Å². The first-order valence-corrected chi connectivity index (χ1v) is 9.55. The maximum absolute atomic E-state index is 13.0. The van der Waals surface area contributed by atoms with Crippen molar-refractivity contribution in [1.29, 1.82) is 0 Å². The average Bonchev–Trinajstić information content (AvgIpc) is 3.08. The van der Waals surface area contributed by atoms with Crippen LogP contribution in [0.4, 0.5) is 5.13 Å². The monoisotopic (exact) mass is 338 g/mol. The van der Waals surface area contributed by atoms with Gasteiger partial charge in [0.1, 0.15) is 0 Å². The van der Waals surface area contributed by atoms with E-state index >= 15 is 0 Å². The van der Waals surface area contributed by atoms with Crippen LogP contribution in [0.15, 0.2) is 46.8 Å². The second kappa shape index (κ2) is 6.76. The van der Waals surface area contributed by atoms with E-state index in [1.807, 2.05) is 6.07 Å². The number of nitrogens with zero attached hydrogens (tertiary/aromatic N) is 2. The highest BCUT2D eigenvalue weighted by molar-refractivity contribution is 7.93. The second-order valence-electron chi connectivity index (χ2n) is 5.22. The molecule has 0 radical (unpaired) electrons. The van der Waals surface area contributed by atoms with Crippen molar-refractivity contribution in [3.05, 3.63) is 41.9 Å². The van der Waals surface area contributed by atoms with Crippen LogP contribution in [-0.4, -0.2) is 33.2 Å². The normalized spacial score (nSPS) is 16.5. The Morgan fingerprint density at radius 1 is 1.23 bits per heavy atom. The molecule has 0 N–H and O–H groups in total. The summed E-state index contributed by atoms with van der Waals surface area (Å²) in [6.07, 6.45) is 3.40. The zero-order valence-corrected chi connectivity index (χ0v) is 13.7. The van der Waals surface area contributed by atoms with E-state index in [2.05, 4.69) is 4.98 Å². The smallest absolute Gasteiger partial charge is 0.266 e. The number of thiazole rings is 1. The van der Waals surface area contributed by atoms with Gasteiger partial charge in [-0.1, -0.05) is 18.2 Å². The Morgan fingerprint density at radius 2 is 1.95 bits per heavy atom. The lowest BCUT2D eigenvalue weighted by Crippen LogP contribution is -2.37. The SMILES string of the molecule is O=S(=O)(c1ccccc1)N(CC1CCOCC1)c1nccs1. The lowest BCUT2D eigenvalue weighted by atomic mass is 10.0. The predicted octanol–water partition coefficient (Wildman–Crippen LogP) is 2.77. The zero-order valence-electron chi connectivity index (χ0n) is 12.1. The van der Waals surface area contributed by atoms with Gasteiger partial charge in [0.15, 0.2) is 5.13 Å². The maximum Gasteiger partial charge on any atom is 0.266 e. The molecule has 0 spiro atoms. The molecule has 1 aromatic carbocycles. The number of benzene rings is 1. The fourth-order valence-corrected chi connectivity index (χ4v) is 4.90. The number of rotatable bonds is 5. The number of ether oxygens (including phenoxy) is 1. The summed E-state index contributed by atoms with van der Waals surface area (Å²) in [6.45, 7) is 1.84. The fourth-order valence-electron chi connectivity index (χ4n) is 2.50. The number of hydrogen-bond acceptors (Lipinski definition) is 5. The molecule has 118 valence electrons. The molecular weight excluding hydrogens is 320 g/mol. The number of sulfonamides is 1. The molecule has 7 heteroatoms. The van der Waals surface area contributed by atoms with E-state index in [9.17, 15) is 8.42 Å². The van der Waals surface area contributed by atoms with Crippen molar-refractivity contribution >= 4 is 26.5 Å². The Hall–Kier alpha value is -1.44. The Labute approximate surface area is 134 Å². The van der Waals surface area contributed by atoms with Crippen LogP contribution < -0.4 is 4.31 Å². The van der Waals surface area contributed by atoms with Gasteiger partial charge in [0.25, 0.3) is 10.0 Å². The molecule has 1 fully saturated rings. The minimum Gasteiger partial charge on any atom is -0.381 e. The van der Waals surface area contributed by atoms with Gasteiger partial charge in [-0.05, 0) is 30.9 Å². The molecule has 0 saturated carbocycles. The van der Waals surface area contributed by atoms with Crippen molar-refractivity contribution < 1.29 is 13.2 Å². The molecular formula is C15H18N2O3S2. The van der Waals surface area contributed by atoms with Gasteiger partial charge in [0.2, 0.25) is 0 Å². The molecule has 0 atom stereocenters. The van der Waals surface area contributed by atoms with Crippen molar-refractivity contribution in [2.45, 2.75) is 17.7 Å². The summed E-state index contributed by atoms with van der Waals surface area (Å²) in [6, 6.07) is 8.54. The standard InChI is InChI=1S/C15H18N2O3S2/c18-22(19,14-4-2-1-3-5-14)17(15-16-8-11-21-15)12-13-6-9-20-10-7-13/h1-5,8,11,13H,6-7,9-10,12H2. The van der Waals surface area contributed by atoms with Gasteiger partial charge >= 0.3 is 0 Å². The quantitative estimate of drug-likeness (QED) is 0.841. The molecule has 3 rings (SSSR count). The van der Waals surface area contributed by atoms with Crippen molar-refractivity contribution in [1.82, 2.24) is 4.98 Å². The topological polar surface area (TPSA) is 59.5 Å². The Balaban J connectivity index is 1.91. The van der Waals surface area contributed by atoms with Crippen LogP contribution in [0.3, 0.4) is 0 Å². The Bertz CT molecular complexity index is 681. The van der Waals surface area contributed by atoms with Gasteiger partial charge in [-0.3, -0.25) is 0 Å². The van der Waals surface area contributed by atoms with E-state index in [-0.39, 0.29) is 0 Å². The zero-order chi connectivity index (χ0) is 15.4. The molecule has 1 aromatic heterocycles. The first kappa shape index (κ1) is 15.5. The molecule has 2 heterocycles. The van der Waals surface area contributed by atoms with Crippen LogP contribution in [0.2, 0.25) is 0 Å². The summed E-state index contributed by atoms with van der Waals surface area (Å²) in [5.74, 6) is 0.302. The minimum atomic E-state index is -3.58. The van der Waals surface area contributed by atoms with Gasteiger partial charge in [0.05, 0.1) is 4.90 Å². The van der Waals surface area contributed by atoms with E-state index < -0.39 is 10.0 Å². The van der Waals surface area contributed by atoms with Crippen LogP contribution in [0.1, 0.15) is 12.8 Å². The second-order valence-corrected chi connectivity index (χ2v) is 7.95. The average molecular weight is 338 g/mol. The van der Waals surface area contributed by atoms with E-state index in [0.29, 0.717) is 35.7 Å². The van der Waals surface area contributed by atoms with Gasteiger partial charge in [-0.25, -0.2) is 17.7 Å². The summed E-state index contributed by atoms with van der Waals surface area (Å²) in [5.41, 5.74) is 0. The van der Waals surface area contributed by atoms with Gasteiger partial charge in [-0.2, -0.15) is 0 Å². The number of hydrogen-bond donors (Lipinski definition) is 0. The predicted molar refractivity (Wildman–Crippen MR) is 86.6 cm³/mol. The summed E-state index contributed by atoms with van der Waals surface area (Å²) >= 11 is 1.35. The molecule has 0 unspecified atom stereocenters. The van der Waals surface area contributed by atoms with Crippen molar-refractivity contribution in [3.8, 4) is 0 Å². The van der Waals surface area contributed by atoms with Crippen LogP contribution in [0, 0.1) is 5.92 Å². The summed E-state index contributed by atoms with van der Waals surface area (Å²) in [4.78, 5) is 4.51. The van der Waals surface area contributed by atoms with Crippen molar-refractivity contribution in [2.75, 3.05) is 24.1 Å². The molecule has 1 aliphatic rings. The molecule has 22 heavy (non-hydrogen) atoms. The lowest BCUT2D eigenvalue weighted by molar-refractivity contribution is 0.0691. The van der Waals surface area contributed by atoms with Crippen molar-refractivity contribution in [2.24, 2.45) is 5.92 Å². The van der Waals surface area contributed by atoms with E-state index in [1.54, 1.807) is 35.8 Å². The highest BCUT2D eigenvalue weighted by Gasteiger charge is 2.29. The first-order chi connectivity index (χ1) is 10.7. The largest absolute Gasteiger partial charge is 0.381 e. The first-order valence-electron chi connectivity index (χ1n) is 7.23. The number of aromatic nitrogens is 1. The minimum absolute atomic E-state index is 0.302. The van der Waals surface area contributed by atoms with Crippen LogP contribution in [0.25, 0.3) is 0 Å². The van der Waals surface area contributed by atoms with Crippen LogP contribution in [-0.2, 0) is 14.8 Å². The van der Waals surface area contributed by atoms with Crippen LogP contribution in [0.5, 0.6) is 0 Å². The van der Waals surface area contributed by atoms with E-state index in [0.717, 1.165) is 12.8 Å². The molecule has 1 aliphatic heterocycles. The summed E-state index contributed by atoms with van der Waals surface area (Å²) < 4.78 is 32.7. The Kier molecular flexibility index (Phi) is 4.75. The van der Waals surface area contributed by atoms with Crippen LogP contribution >= 0.6 is 11.3 Å². The summed E-state index contributed by atoms with van der Waals surface area (Å²) in [5, 5.41) is 2.32. The van der Waals surface area contributed by atoms with E-state index in [4.69, 9.17) is 4.74 Å². The maximum atomic E-state index is 13.0.